The molecular formula is C21H26ClNO4. The van der Waals surface area contributed by atoms with Gasteiger partial charge in [-0.25, -0.2) is 0 Å². The highest BCUT2D eigenvalue weighted by Gasteiger charge is 2.07. The number of hydrogen-bond donors (Lipinski definition) is 1. The Morgan fingerprint density at radius 3 is 2.56 bits per heavy atom. The second-order valence-corrected chi connectivity index (χ2v) is 6.49. The van der Waals surface area contributed by atoms with Crippen LogP contribution in [0.1, 0.15) is 30.9 Å². The molecule has 2 aromatic carbocycles. The van der Waals surface area contributed by atoms with E-state index in [1.165, 1.54) is 0 Å². The fraction of sp³-hybridized carbons (Fsp3) is 0.381. The zero-order valence-electron chi connectivity index (χ0n) is 16.0. The van der Waals surface area contributed by atoms with Crippen LogP contribution >= 0.6 is 11.6 Å². The molecule has 2 aromatic rings. The largest absolute Gasteiger partial charge is 0.493 e. The van der Waals surface area contributed by atoms with Gasteiger partial charge in [-0.3, -0.25) is 4.79 Å². The van der Waals surface area contributed by atoms with Crippen LogP contribution in [-0.2, 0) is 11.3 Å². The Morgan fingerprint density at radius 2 is 1.85 bits per heavy atom. The summed E-state index contributed by atoms with van der Waals surface area (Å²) in [5, 5.41) is 3.60. The van der Waals surface area contributed by atoms with Gasteiger partial charge in [0, 0.05) is 18.0 Å². The average molecular weight is 392 g/mol. The van der Waals surface area contributed by atoms with Gasteiger partial charge >= 0.3 is 0 Å². The molecule has 0 aliphatic heterocycles. The maximum absolute atomic E-state index is 12.0. The molecule has 0 atom stereocenters. The van der Waals surface area contributed by atoms with Gasteiger partial charge in [-0.15, -0.1) is 0 Å². The molecule has 0 aliphatic carbocycles. The Bertz CT molecular complexity index is 764. The smallest absolute Gasteiger partial charge is 0.220 e. The van der Waals surface area contributed by atoms with Crippen LogP contribution in [0.2, 0.25) is 5.02 Å². The Hall–Kier alpha value is -2.40. The van der Waals surface area contributed by atoms with Crippen molar-refractivity contribution in [3.63, 3.8) is 0 Å². The van der Waals surface area contributed by atoms with Gasteiger partial charge in [0.25, 0.3) is 0 Å². The lowest BCUT2D eigenvalue weighted by Crippen LogP contribution is -2.23. The SMILES string of the molecule is CCOc1ccc(CNC(=O)CCCOc2ccc(Cl)cc2C)cc1OC. The third kappa shape index (κ3) is 6.68. The minimum atomic E-state index is -0.0146. The van der Waals surface area contributed by atoms with Crippen molar-refractivity contribution in [2.24, 2.45) is 0 Å². The standard InChI is InChI=1S/C21H26ClNO4/c1-4-26-19-9-7-16(13-20(19)25-3)14-23-21(24)6-5-11-27-18-10-8-17(22)12-15(18)2/h7-10,12-13H,4-6,11,14H2,1-3H3,(H,23,24). The molecule has 27 heavy (non-hydrogen) atoms. The summed E-state index contributed by atoms with van der Waals surface area (Å²) in [5.41, 5.74) is 1.94. The quantitative estimate of drug-likeness (QED) is 0.604. The lowest BCUT2D eigenvalue weighted by Gasteiger charge is -2.12. The number of aryl methyl sites for hydroxylation is 1. The van der Waals surface area contributed by atoms with Gasteiger partial charge < -0.3 is 19.5 Å². The van der Waals surface area contributed by atoms with Gasteiger partial charge in [0.2, 0.25) is 5.91 Å². The van der Waals surface area contributed by atoms with E-state index in [2.05, 4.69) is 5.32 Å². The van der Waals surface area contributed by atoms with Crippen molar-refractivity contribution < 1.29 is 19.0 Å². The van der Waals surface area contributed by atoms with E-state index < -0.39 is 0 Å². The molecule has 0 aliphatic rings. The lowest BCUT2D eigenvalue weighted by molar-refractivity contribution is -0.121. The van der Waals surface area contributed by atoms with E-state index in [0.29, 0.717) is 49.1 Å². The molecule has 0 radical (unpaired) electrons. The van der Waals surface area contributed by atoms with Crippen LogP contribution in [0, 0.1) is 6.92 Å². The Balaban J connectivity index is 1.73. The Labute approximate surface area is 165 Å². The maximum atomic E-state index is 12.0. The minimum Gasteiger partial charge on any atom is -0.493 e. The second kappa shape index (κ2) is 10.7. The predicted molar refractivity (Wildman–Crippen MR) is 107 cm³/mol. The fourth-order valence-electron chi connectivity index (χ4n) is 2.58. The Kier molecular flexibility index (Phi) is 8.27. The number of ether oxygens (including phenoxy) is 3. The van der Waals surface area contributed by atoms with Crippen LogP contribution in [0.25, 0.3) is 0 Å². The third-order valence-electron chi connectivity index (χ3n) is 3.96. The normalized spacial score (nSPS) is 10.4. The maximum Gasteiger partial charge on any atom is 0.220 e. The van der Waals surface area contributed by atoms with Gasteiger partial charge in [-0.2, -0.15) is 0 Å². The van der Waals surface area contributed by atoms with Crippen molar-refractivity contribution in [2.45, 2.75) is 33.2 Å². The van der Waals surface area contributed by atoms with Gasteiger partial charge in [0.05, 0.1) is 20.3 Å². The van der Waals surface area contributed by atoms with E-state index in [1.807, 2.05) is 44.2 Å². The van der Waals surface area contributed by atoms with E-state index in [9.17, 15) is 4.79 Å². The number of halogens is 1. The van der Waals surface area contributed by atoms with Gasteiger partial charge in [0.1, 0.15) is 5.75 Å². The molecule has 1 amide bonds. The van der Waals surface area contributed by atoms with Crippen molar-refractivity contribution in [1.82, 2.24) is 5.32 Å². The number of hydrogen-bond acceptors (Lipinski definition) is 4. The summed E-state index contributed by atoms with van der Waals surface area (Å²) in [6, 6.07) is 11.1. The number of amides is 1. The van der Waals surface area contributed by atoms with E-state index in [4.69, 9.17) is 25.8 Å². The summed E-state index contributed by atoms with van der Waals surface area (Å²) < 4.78 is 16.5. The molecule has 0 bridgehead atoms. The molecule has 1 N–H and O–H groups in total. The molecule has 0 spiro atoms. The minimum absolute atomic E-state index is 0.0146. The van der Waals surface area contributed by atoms with Crippen molar-refractivity contribution in [3.8, 4) is 17.2 Å². The molecule has 0 heterocycles. The molecule has 5 nitrogen and oxygen atoms in total. The zero-order chi connectivity index (χ0) is 19.6. The van der Waals surface area contributed by atoms with Gasteiger partial charge in [-0.1, -0.05) is 17.7 Å². The number of nitrogens with one attached hydrogen (secondary N) is 1. The lowest BCUT2D eigenvalue weighted by atomic mass is 10.2. The van der Waals surface area contributed by atoms with Crippen LogP contribution in [0.3, 0.4) is 0 Å². The summed E-state index contributed by atoms with van der Waals surface area (Å²) in [5.74, 6) is 2.14. The topological polar surface area (TPSA) is 56.8 Å². The molecule has 0 aromatic heterocycles. The first-order valence-electron chi connectivity index (χ1n) is 8.98. The number of benzene rings is 2. The highest BCUT2D eigenvalue weighted by molar-refractivity contribution is 6.30. The summed E-state index contributed by atoms with van der Waals surface area (Å²) in [4.78, 5) is 12.0. The first-order chi connectivity index (χ1) is 13.0. The number of carbonyl (C=O) groups excluding carboxylic acids is 1. The predicted octanol–water partition coefficient (Wildman–Crippen LogP) is 4.53. The molecule has 6 heteroatoms. The van der Waals surface area contributed by atoms with E-state index in [-0.39, 0.29) is 5.91 Å². The van der Waals surface area contributed by atoms with Crippen LogP contribution < -0.4 is 19.5 Å². The third-order valence-corrected chi connectivity index (χ3v) is 4.20. The molecule has 146 valence electrons. The number of methoxy groups -OCH3 is 1. The summed E-state index contributed by atoms with van der Waals surface area (Å²) in [7, 11) is 1.60. The summed E-state index contributed by atoms with van der Waals surface area (Å²) in [6.45, 7) is 5.36. The van der Waals surface area contributed by atoms with Gasteiger partial charge in [0.15, 0.2) is 11.5 Å². The average Bonchev–Trinajstić information content (AvgIpc) is 2.66. The summed E-state index contributed by atoms with van der Waals surface area (Å²) >= 11 is 5.93. The highest BCUT2D eigenvalue weighted by atomic mass is 35.5. The first kappa shape index (κ1) is 20.9. The highest BCUT2D eigenvalue weighted by Crippen LogP contribution is 2.28. The number of carbonyl (C=O) groups is 1. The molecule has 0 saturated heterocycles. The first-order valence-corrected chi connectivity index (χ1v) is 9.36. The van der Waals surface area contributed by atoms with Crippen LogP contribution in [0.5, 0.6) is 17.2 Å². The molecular weight excluding hydrogens is 366 g/mol. The molecule has 0 unspecified atom stereocenters. The fourth-order valence-corrected chi connectivity index (χ4v) is 2.80. The van der Waals surface area contributed by atoms with Crippen molar-refractivity contribution in [1.29, 1.82) is 0 Å². The molecule has 0 fully saturated rings. The van der Waals surface area contributed by atoms with Crippen molar-refractivity contribution in [2.75, 3.05) is 20.3 Å². The second-order valence-electron chi connectivity index (χ2n) is 6.06. The molecule has 0 saturated carbocycles. The van der Waals surface area contributed by atoms with Crippen LogP contribution in [0.4, 0.5) is 0 Å². The monoisotopic (exact) mass is 391 g/mol. The number of rotatable bonds is 10. The van der Waals surface area contributed by atoms with Crippen molar-refractivity contribution in [3.05, 3.63) is 52.5 Å². The van der Waals surface area contributed by atoms with E-state index in [1.54, 1.807) is 13.2 Å². The summed E-state index contributed by atoms with van der Waals surface area (Å²) in [6.07, 6.45) is 1.04. The van der Waals surface area contributed by atoms with E-state index in [0.717, 1.165) is 16.9 Å². The van der Waals surface area contributed by atoms with Crippen LogP contribution in [0.15, 0.2) is 36.4 Å². The van der Waals surface area contributed by atoms with Gasteiger partial charge in [-0.05, 0) is 61.7 Å². The van der Waals surface area contributed by atoms with Crippen molar-refractivity contribution >= 4 is 17.5 Å². The Morgan fingerprint density at radius 1 is 1.07 bits per heavy atom. The van der Waals surface area contributed by atoms with E-state index >= 15 is 0 Å². The van der Waals surface area contributed by atoms with Crippen LogP contribution in [-0.4, -0.2) is 26.2 Å². The molecule has 2 rings (SSSR count). The zero-order valence-corrected chi connectivity index (χ0v) is 16.8.